The maximum absolute atomic E-state index is 11.9. The first kappa shape index (κ1) is 16.0. The van der Waals surface area contributed by atoms with Gasteiger partial charge in [-0.05, 0) is 44.0 Å². The summed E-state index contributed by atoms with van der Waals surface area (Å²) in [5.74, 6) is -1.03. The van der Waals surface area contributed by atoms with Crippen LogP contribution in [0.1, 0.15) is 28.4 Å². The third-order valence-electron chi connectivity index (χ3n) is 3.39. The number of hydrogen-bond donors (Lipinski definition) is 3. The Morgan fingerprint density at radius 1 is 1.35 bits per heavy atom. The van der Waals surface area contributed by atoms with Crippen molar-refractivity contribution in [3.05, 3.63) is 28.8 Å². The Morgan fingerprint density at radius 3 is 2.45 bits per heavy atom. The molecule has 0 spiro atoms. The van der Waals surface area contributed by atoms with Gasteiger partial charge in [-0.3, -0.25) is 0 Å². The summed E-state index contributed by atoms with van der Waals surface area (Å²) < 4.78 is 0. The van der Waals surface area contributed by atoms with Crippen LogP contribution in [-0.2, 0) is 0 Å². The lowest BCUT2D eigenvalue weighted by molar-refractivity contribution is 0.0696. The molecule has 0 aliphatic carbocycles. The Labute approximate surface area is 118 Å². The summed E-state index contributed by atoms with van der Waals surface area (Å²) in [5.41, 5.74) is 2.05. The van der Waals surface area contributed by atoms with Crippen LogP contribution in [0, 0.1) is 13.8 Å². The van der Waals surface area contributed by atoms with Gasteiger partial charge >= 0.3 is 12.0 Å². The van der Waals surface area contributed by atoms with E-state index < -0.39 is 12.0 Å². The first-order chi connectivity index (χ1) is 9.27. The van der Waals surface area contributed by atoms with E-state index in [9.17, 15) is 9.59 Å². The number of benzene rings is 1. The Bertz CT molecular complexity index is 528. The zero-order valence-corrected chi connectivity index (χ0v) is 12.1. The van der Waals surface area contributed by atoms with Gasteiger partial charge in [0.25, 0.3) is 0 Å². The van der Waals surface area contributed by atoms with E-state index in [2.05, 4.69) is 5.32 Å². The number of anilines is 1. The number of aliphatic hydroxyl groups excluding tert-OH is 1. The van der Waals surface area contributed by atoms with Crippen molar-refractivity contribution < 1.29 is 19.8 Å². The molecule has 1 rings (SSSR count). The standard InChI is InChI=1S/C14H20N2O4/c1-8-5-11(6-12(10(8)3)13(18)19)15-14(20)16(4)9(2)7-17/h5-6,9,17H,7H2,1-4H3,(H,15,20)(H,18,19). The molecule has 20 heavy (non-hydrogen) atoms. The first-order valence-electron chi connectivity index (χ1n) is 6.27. The largest absolute Gasteiger partial charge is 0.478 e. The number of nitrogens with one attached hydrogen (secondary N) is 1. The van der Waals surface area contributed by atoms with Crippen LogP contribution in [0.3, 0.4) is 0 Å². The van der Waals surface area contributed by atoms with E-state index >= 15 is 0 Å². The molecule has 6 heteroatoms. The van der Waals surface area contributed by atoms with E-state index in [4.69, 9.17) is 10.2 Å². The fraction of sp³-hybridized carbons (Fsp3) is 0.429. The second kappa shape index (κ2) is 6.38. The third kappa shape index (κ3) is 3.48. The molecule has 1 unspecified atom stereocenters. The van der Waals surface area contributed by atoms with Crippen molar-refractivity contribution in [2.45, 2.75) is 26.8 Å². The molecule has 0 saturated heterocycles. The molecule has 6 nitrogen and oxygen atoms in total. The van der Waals surface area contributed by atoms with Crippen molar-refractivity contribution in [3.63, 3.8) is 0 Å². The minimum absolute atomic E-state index is 0.142. The summed E-state index contributed by atoms with van der Waals surface area (Å²) in [6.45, 7) is 5.09. The molecular weight excluding hydrogens is 260 g/mol. The number of carboxylic acids is 1. The van der Waals surface area contributed by atoms with Gasteiger partial charge in [-0.2, -0.15) is 0 Å². The number of aryl methyl sites for hydroxylation is 1. The van der Waals surface area contributed by atoms with Gasteiger partial charge in [0.15, 0.2) is 0 Å². The molecule has 1 aromatic carbocycles. The van der Waals surface area contributed by atoms with Crippen molar-refractivity contribution in [1.29, 1.82) is 0 Å². The zero-order valence-electron chi connectivity index (χ0n) is 12.1. The zero-order chi connectivity index (χ0) is 15.4. The van der Waals surface area contributed by atoms with Gasteiger partial charge in [-0.15, -0.1) is 0 Å². The molecule has 0 aromatic heterocycles. The Morgan fingerprint density at radius 2 is 1.95 bits per heavy atom. The number of nitrogens with zero attached hydrogens (tertiary/aromatic N) is 1. The van der Waals surface area contributed by atoms with Gasteiger partial charge < -0.3 is 20.4 Å². The lowest BCUT2D eigenvalue weighted by Crippen LogP contribution is -2.40. The molecular formula is C14H20N2O4. The van der Waals surface area contributed by atoms with Gasteiger partial charge in [-0.1, -0.05) is 0 Å². The highest BCUT2D eigenvalue weighted by molar-refractivity contribution is 5.94. The molecule has 0 heterocycles. The predicted octanol–water partition coefficient (Wildman–Crippen LogP) is 1.85. The summed E-state index contributed by atoms with van der Waals surface area (Å²) in [6, 6.07) is 2.43. The van der Waals surface area contributed by atoms with Gasteiger partial charge in [0.1, 0.15) is 0 Å². The van der Waals surface area contributed by atoms with Gasteiger partial charge in [0.05, 0.1) is 18.2 Å². The molecule has 0 fully saturated rings. The van der Waals surface area contributed by atoms with Crippen molar-refractivity contribution in [2.75, 3.05) is 19.0 Å². The van der Waals surface area contributed by atoms with Crippen LogP contribution in [0.4, 0.5) is 10.5 Å². The summed E-state index contributed by atoms with van der Waals surface area (Å²) in [4.78, 5) is 24.4. The highest BCUT2D eigenvalue weighted by Crippen LogP contribution is 2.20. The van der Waals surface area contributed by atoms with Crippen molar-refractivity contribution >= 4 is 17.7 Å². The second-order valence-electron chi connectivity index (χ2n) is 4.84. The summed E-state index contributed by atoms with van der Waals surface area (Å²) >= 11 is 0. The minimum Gasteiger partial charge on any atom is -0.478 e. The van der Waals surface area contributed by atoms with Crippen LogP contribution in [0.25, 0.3) is 0 Å². The number of amides is 2. The third-order valence-corrected chi connectivity index (χ3v) is 3.39. The van der Waals surface area contributed by atoms with Gasteiger partial charge in [0, 0.05) is 12.7 Å². The lowest BCUT2D eigenvalue weighted by Gasteiger charge is -2.23. The van der Waals surface area contributed by atoms with Crippen LogP contribution in [0.5, 0.6) is 0 Å². The Balaban J connectivity index is 2.99. The number of carbonyl (C=O) groups excluding carboxylic acids is 1. The monoisotopic (exact) mass is 280 g/mol. The van der Waals surface area contributed by atoms with Gasteiger partial charge in [0.2, 0.25) is 0 Å². The number of likely N-dealkylation sites (N-methyl/N-ethyl adjacent to an activating group) is 1. The van der Waals surface area contributed by atoms with Crippen LogP contribution in [0.15, 0.2) is 12.1 Å². The lowest BCUT2D eigenvalue weighted by atomic mass is 10.0. The summed E-state index contributed by atoms with van der Waals surface area (Å²) in [5, 5.41) is 20.8. The second-order valence-corrected chi connectivity index (χ2v) is 4.84. The van der Waals surface area contributed by atoms with E-state index in [1.165, 1.54) is 11.0 Å². The van der Waals surface area contributed by atoms with Crippen LogP contribution >= 0.6 is 0 Å². The smallest absolute Gasteiger partial charge is 0.336 e. The predicted molar refractivity (Wildman–Crippen MR) is 76.2 cm³/mol. The van der Waals surface area contributed by atoms with E-state index in [1.54, 1.807) is 33.9 Å². The van der Waals surface area contributed by atoms with E-state index in [0.717, 1.165) is 5.56 Å². The van der Waals surface area contributed by atoms with Crippen molar-refractivity contribution in [2.24, 2.45) is 0 Å². The van der Waals surface area contributed by atoms with E-state index in [-0.39, 0.29) is 18.2 Å². The Hall–Kier alpha value is -2.08. The number of urea groups is 1. The quantitative estimate of drug-likeness (QED) is 0.785. The fourth-order valence-corrected chi connectivity index (χ4v) is 1.69. The summed E-state index contributed by atoms with van der Waals surface area (Å²) in [6.07, 6.45) is 0. The molecule has 0 saturated carbocycles. The highest BCUT2D eigenvalue weighted by atomic mass is 16.4. The maximum atomic E-state index is 11.9. The van der Waals surface area contributed by atoms with Crippen molar-refractivity contribution in [1.82, 2.24) is 4.90 Å². The number of hydrogen-bond acceptors (Lipinski definition) is 3. The topological polar surface area (TPSA) is 89.9 Å². The molecule has 0 radical (unpaired) electrons. The first-order valence-corrected chi connectivity index (χ1v) is 6.27. The SMILES string of the molecule is Cc1cc(NC(=O)N(C)C(C)CO)cc(C(=O)O)c1C. The number of carbonyl (C=O) groups is 2. The van der Waals surface area contributed by atoms with E-state index in [0.29, 0.717) is 11.3 Å². The number of aromatic carboxylic acids is 1. The van der Waals surface area contributed by atoms with Crippen LogP contribution < -0.4 is 5.32 Å². The molecule has 110 valence electrons. The number of aliphatic hydroxyl groups is 1. The minimum atomic E-state index is -1.03. The Kier molecular flexibility index (Phi) is 5.10. The molecule has 0 aliphatic heterocycles. The van der Waals surface area contributed by atoms with Gasteiger partial charge in [-0.25, -0.2) is 9.59 Å². The number of carboxylic acid groups (broad SMARTS) is 1. The molecule has 1 aromatic rings. The number of rotatable bonds is 4. The maximum Gasteiger partial charge on any atom is 0.336 e. The summed E-state index contributed by atoms with van der Waals surface area (Å²) in [7, 11) is 1.56. The average Bonchev–Trinajstić information content (AvgIpc) is 2.40. The van der Waals surface area contributed by atoms with Crippen molar-refractivity contribution in [3.8, 4) is 0 Å². The molecule has 1 atom stereocenters. The van der Waals surface area contributed by atoms with E-state index in [1.807, 2.05) is 0 Å². The normalized spacial score (nSPS) is 11.8. The highest BCUT2D eigenvalue weighted by Gasteiger charge is 2.17. The average molecular weight is 280 g/mol. The van der Waals surface area contributed by atoms with Crippen LogP contribution in [-0.4, -0.2) is 46.8 Å². The molecule has 0 aliphatic rings. The molecule has 0 bridgehead atoms. The fourth-order valence-electron chi connectivity index (χ4n) is 1.69. The van der Waals surface area contributed by atoms with Crippen LogP contribution in [0.2, 0.25) is 0 Å². The molecule has 2 amide bonds. The molecule has 3 N–H and O–H groups in total.